The number of carboxylic acid groups (broad SMARTS) is 1. The van der Waals surface area contributed by atoms with Crippen LogP contribution in [-0.2, 0) is 16.0 Å². The van der Waals surface area contributed by atoms with Gasteiger partial charge in [0.2, 0.25) is 0 Å². The minimum Gasteiger partial charge on any atom is -0.493 e. The lowest BCUT2D eigenvalue weighted by Gasteiger charge is -2.26. The smallest absolute Gasteiger partial charge is 0.335 e. The summed E-state index contributed by atoms with van der Waals surface area (Å²) in [5.41, 5.74) is 5.04. The van der Waals surface area contributed by atoms with Gasteiger partial charge in [-0.15, -0.1) is 0 Å². The number of ether oxygens (including phenoxy) is 2. The van der Waals surface area contributed by atoms with E-state index in [1.165, 1.54) is 48.7 Å². The van der Waals surface area contributed by atoms with Crippen LogP contribution in [0.15, 0.2) is 36.1 Å². The molecule has 30 heavy (non-hydrogen) atoms. The number of nitrogens with zero attached hydrogens (tertiary/aromatic N) is 1. The van der Waals surface area contributed by atoms with Crippen LogP contribution in [0.5, 0.6) is 0 Å². The number of aromatic carboxylic acids is 1. The van der Waals surface area contributed by atoms with E-state index in [0.717, 1.165) is 23.3 Å². The Morgan fingerprint density at radius 2 is 2.10 bits per heavy atom. The van der Waals surface area contributed by atoms with Crippen LogP contribution in [0.1, 0.15) is 66.1 Å². The van der Waals surface area contributed by atoms with Gasteiger partial charge in [0.25, 0.3) is 0 Å². The van der Waals surface area contributed by atoms with Crippen molar-refractivity contribution in [2.45, 2.75) is 57.1 Å². The molecule has 1 saturated carbocycles. The summed E-state index contributed by atoms with van der Waals surface area (Å²) in [4.78, 5) is 11.7. The summed E-state index contributed by atoms with van der Waals surface area (Å²) in [6, 6.07) is 5.61. The van der Waals surface area contributed by atoms with Gasteiger partial charge >= 0.3 is 5.97 Å². The predicted molar refractivity (Wildman–Crippen MR) is 125 cm³/mol. The molecule has 3 aliphatic rings. The maximum atomic E-state index is 11.7. The minimum absolute atomic E-state index is 0.0553. The van der Waals surface area contributed by atoms with Crippen molar-refractivity contribution >= 4 is 45.0 Å². The molecule has 6 heteroatoms. The van der Waals surface area contributed by atoms with Crippen molar-refractivity contribution in [3.8, 4) is 0 Å². The first-order valence-corrected chi connectivity index (χ1v) is 12.3. The summed E-state index contributed by atoms with van der Waals surface area (Å²) in [6.45, 7) is 1.27. The Morgan fingerprint density at radius 3 is 2.87 bits per heavy atom. The van der Waals surface area contributed by atoms with Crippen molar-refractivity contribution in [2.75, 3.05) is 11.2 Å². The molecule has 1 unspecified atom stereocenters. The topological polar surface area (TPSA) is 60.7 Å². The van der Waals surface area contributed by atoms with E-state index in [4.69, 9.17) is 9.47 Å². The van der Waals surface area contributed by atoms with Gasteiger partial charge in [0, 0.05) is 16.5 Å². The molecule has 0 saturated heterocycles. The van der Waals surface area contributed by atoms with Gasteiger partial charge in [0.1, 0.15) is 18.5 Å². The molecule has 0 amide bonds. The highest BCUT2D eigenvalue weighted by molar-refractivity contribution is 14.1. The molecule has 0 bridgehead atoms. The van der Waals surface area contributed by atoms with Gasteiger partial charge in [-0.25, -0.2) is 4.79 Å². The normalized spacial score (nSPS) is 21.8. The molecule has 1 fully saturated rings. The van der Waals surface area contributed by atoms with Crippen LogP contribution in [0.2, 0.25) is 0 Å². The first kappa shape index (κ1) is 20.1. The van der Waals surface area contributed by atoms with Gasteiger partial charge in [-0.05, 0) is 42.9 Å². The summed E-state index contributed by atoms with van der Waals surface area (Å²) >= 11 is 2.24. The molecule has 1 aromatic heterocycles. The standard InChI is InChI=1S/C24H26INO4/c25-14-30-20-8-4-7-18-22-21(15-5-2-1-3-6-15)17-10-9-16(24(27)28)13-19(17)26(22)11-12-29-23(18)20/h4,7,9-10,13,15,20H,1-3,5-6,8,11-12,14H2,(H,27,28). The molecule has 0 spiro atoms. The fraction of sp³-hybridized carbons (Fsp3) is 0.458. The van der Waals surface area contributed by atoms with Crippen molar-refractivity contribution < 1.29 is 19.4 Å². The van der Waals surface area contributed by atoms with E-state index >= 15 is 0 Å². The van der Waals surface area contributed by atoms with Gasteiger partial charge < -0.3 is 19.1 Å². The maximum absolute atomic E-state index is 11.7. The van der Waals surface area contributed by atoms with Crippen LogP contribution >= 0.6 is 22.6 Å². The molecule has 5 rings (SSSR count). The number of hydrogen-bond donors (Lipinski definition) is 1. The number of halogens is 1. The number of alkyl halides is 1. The lowest BCUT2D eigenvalue weighted by atomic mass is 9.81. The van der Waals surface area contributed by atoms with Crippen molar-refractivity contribution in [1.82, 2.24) is 4.57 Å². The number of rotatable bonds is 4. The minimum atomic E-state index is -0.885. The lowest BCUT2D eigenvalue weighted by Crippen LogP contribution is -2.20. The second-order valence-corrected chi connectivity index (χ2v) is 8.94. The monoisotopic (exact) mass is 519 g/mol. The summed E-state index contributed by atoms with van der Waals surface area (Å²) in [6.07, 6.45) is 11.3. The highest BCUT2D eigenvalue weighted by Gasteiger charge is 2.33. The first-order chi connectivity index (χ1) is 14.7. The van der Waals surface area contributed by atoms with E-state index < -0.39 is 5.97 Å². The Kier molecular flexibility index (Phi) is 5.62. The van der Waals surface area contributed by atoms with E-state index in [1.54, 1.807) is 6.07 Å². The highest BCUT2D eigenvalue weighted by Crippen LogP contribution is 2.45. The van der Waals surface area contributed by atoms with E-state index in [2.05, 4.69) is 39.3 Å². The van der Waals surface area contributed by atoms with Crippen LogP contribution in [-0.4, -0.2) is 33.0 Å². The van der Waals surface area contributed by atoms with Crippen LogP contribution in [0.25, 0.3) is 16.5 Å². The second-order valence-electron chi connectivity index (χ2n) is 8.31. The molecule has 158 valence electrons. The van der Waals surface area contributed by atoms with E-state index in [0.29, 0.717) is 29.2 Å². The second kappa shape index (κ2) is 8.38. The zero-order valence-electron chi connectivity index (χ0n) is 16.9. The van der Waals surface area contributed by atoms with Crippen LogP contribution in [0.3, 0.4) is 0 Å². The number of benzene rings is 1. The van der Waals surface area contributed by atoms with Crippen molar-refractivity contribution in [3.05, 3.63) is 52.9 Å². The Morgan fingerprint density at radius 1 is 1.27 bits per heavy atom. The molecular weight excluding hydrogens is 493 g/mol. The van der Waals surface area contributed by atoms with Gasteiger partial charge in [-0.2, -0.15) is 0 Å². The Bertz CT molecular complexity index is 1050. The van der Waals surface area contributed by atoms with Crippen LogP contribution < -0.4 is 0 Å². The average Bonchev–Trinajstić information content (AvgIpc) is 2.96. The Hall–Kier alpha value is -1.80. The summed E-state index contributed by atoms with van der Waals surface area (Å²) < 4.78 is 15.2. The van der Waals surface area contributed by atoms with Gasteiger partial charge in [0.15, 0.2) is 0 Å². The average molecular weight is 519 g/mol. The fourth-order valence-corrected chi connectivity index (χ4v) is 5.78. The molecule has 2 aromatic rings. The van der Waals surface area contributed by atoms with Gasteiger partial charge in [-0.3, -0.25) is 0 Å². The molecule has 5 nitrogen and oxygen atoms in total. The number of fused-ring (bicyclic) bond motifs is 4. The van der Waals surface area contributed by atoms with E-state index in [9.17, 15) is 9.90 Å². The molecule has 2 aliphatic carbocycles. The van der Waals surface area contributed by atoms with E-state index in [1.807, 2.05) is 12.1 Å². The lowest BCUT2D eigenvalue weighted by molar-refractivity contribution is 0.0607. The zero-order chi connectivity index (χ0) is 20.7. The number of carbonyl (C=O) groups is 1. The first-order valence-electron chi connectivity index (χ1n) is 10.8. The molecular formula is C24H26INO4. The molecule has 2 heterocycles. The Labute approximate surface area is 189 Å². The number of allylic oxidation sites excluding steroid dienone is 2. The zero-order valence-corrected chi connectivity index (χ0v) is 19.1. The third-order valence-corrected chi connectivity index (χ3v) is 7.01. The van der Waals surface area contributed by atoms with Gasteiger partial charge in [-0.1, -0.05) is 60.1 Å². The predicted octanol–water partition coefficient (Wildman–Crippen LogP) is 5.87. The van der Waals surface area contributed by atoms with Crippen molar-refractivity contribution in [2.24, 2.45) is 0 Å². The van der Waals surface area contributed by atoms with E-state index in [-0.39, 0.29) is 6.10 Å². The third-order valence-electron chi connectivity index (χ3n) is 6.65. The summed E-state index contributed by atoms with van der Waals surface area (Å²) in [7, 11) is 0. The molecule has 1 aromatic carbocycles. The van der Waals surface area contributed by atoms with Crippen molar-refractivity contribution in [1.29, 1.82) is 0 Å². The molecule has 1 atom stereocenters. The molecule has 1 aliphatic heterocycles. The van der Waals surface area contributed by atoms with Crippen LogP contribution in [0, 0.1) is 0 Å². The fourth-order valence-electron chi connectivity index (χ4n) is 5.34. The van der Waals surface area contributed by atoms with Crippen molar-refractivity contribution in [3.63, 3.8) is 0 Å². The quantitative estimate of drug-likeness (QED) is 0.406. The maximum Gasteiger partial charge on any atom is 0.335 e. The SMILES string of the molecule is O=C(O)c1ccc2c(C3CCCCC3)c3n(c2c1)CCOC1=C3C=CCC1OCI. The number of aromatic nitrogens is 1. The summed E-state index contributed by atoms with van der Waals surface area (Å²) in [5.74, 6) is 0.551. The summed E-state index contributed by atoms with van der Waals surface area (Å²) in [5, 5.41) is 10.8. The largest absolute Gasteiger partial charge is 0.493 e. The molecule has 1 N–H and O–H groups in total. The van der Waals surface area contributed by atoms with Crippen LogP contribution in [0.4, 0.5) is 0 Å². The Balaban J connectivity index is 1.78. The number of carboxylic acids is 1. The number of hydrogen-bond acceptors (Lipinski definition) is 3. The molecule has 0 radical (unpaired) electrons. The highest BCUT2D eigenvalue weighted by atomic mass is 127. The third kappa shape index (κ3) is 3.38. The van der Waals surface area contributed by atoms with Gasteiger partial charge in [0.05, 0.1) is 22.4 Å².